The van der Waals surface area contributed by atoms with Crippen LogP contribution in [0.3, 0.4) is 0 Å². The van der Waals surface area contributed by atoms with Gasteiger partial charge in [0.15, 0.2) is 6.10 Å². The topological polar surface area (TPSA) is 78.9 Å². The fraction of sp³-hybridized carbons (Fsp3) is 0.939. The smallest absolute Gasteiger partial charge is 0.306 e. The van der Waals surface area contributed by atoms with Crippen LogP contribution in [0, 0.1) is 5.92 Å². The van der Waals surface area contributed by atoms with Gasteiger partial charge in [0.25, 0.3) is 0 Å². The van der Waals surface area contributed by atoms with Gasteiger partial charge in [0, 0.05) is 19.3 Å². The number of carbonyl (C=O) groups excluding carboxylic acids is 3. The Morgan fingerprint density at radius 1 is 0.345 bits per heavy atom. The summed E-state index contributed by atoms with van der Waals surface area (Å²) in [6.45, 7) is 8.96. The van der Waals surface area contributed by atoms with Crippen molar-refractivity contribution in [1.29, 1.82) is 0 Å². The van der Waals surface area contributed by atoms with E-state index < -0.39 is 6.10 Å². The van der Waals surface area contributed by atoms with E-state index in [1.165, 1.54) is 167 Å². The highest BCUT2D eigenvalue weighted by Gasteiger charge is 2.19. The zero-order valence-electron chi connectivity index (χ0n) is 37.4. The molecule has 0 aliphatic heterocycles. The summed E-state index contributed by atoms with van der Waals surface area (Å²) in [6.07, 6.45) is 43.7. The van der Waals surface area contributed by atoms with E-state index in [0.717, 1.165) is 63.7 Å². The third kappa shape index (κ3) is 43.4. The van der Waals surface area contributed by atoms with Gasteiger partial charge < -0.3 is 14.2 Å². The summed E-state index contributed by atoms with van der Waals surface area (Å²) in [4.78, 5) is 37.8. The molecule has 0 radical (unpaired) electrons. The summed E-state index contributed by atoms with van der Waals surface area (Å²) in [5.74, 6) is -0.0696. The van der Waals surface area contributed by atoms with E-state index in [2.05, 4.69) is 27.7 Å². The van der Waals surface area contributed by atoms with E-state index in [9.17, 15) is 14.4 Å². The minimum Gasteiger partial charge on any atom is -0.462 e. The fourth-order valence-electron chi connectivity index (χ4n) is 7.33. The molecule has 1 atom stereocenters. The minimum atomic E-state index is -0.760. The number of esters is 3. The van der Waals surface area contributed by atoms with Gasteiger partial charge in [-0.15, -0.1) is 0 Å². The van der Waals surface area contributed by atoms with Gasteiger partial charge in [-0.1, -0.05) is 233 Å². The Morgan fingerprint density at radius 3 is 0.891 bits per heavy atom. The second kappa shape index (κ2) is 43.5. The fourth-order valence-corrected chi connectivity index (χ4v) is 7.33. The van der Waals surface area contributed by atoms with E-state index in [4.69, 9.17) is 14.2 Å². The molecule has 6 nitrogen and oxygen atoms in total. The Morgan fingerprint density at radius 2 is 0.600 bits per heavy atom. The molecule has 0 spiro atoms. The Hall–Kier alpha value is -1.59. The molecule has 0 aliphatic carbocycles. The van der Waals surface area contributed by atoms with Crippen LogP contribution in [0.15, 0.2) is 0 Å². The highest BCUT2D eigenvalue weighted by molar-refractivity contribution is 5.71. The number of carbonyl (C=O) groups is 3. The van der Waals surface area contributed by atoms with Crippen LogP contribution in [0.1, 0.15) is 272 Å². The molecule has 0 aromatic rings. The first kappa shape index (κ1) is 53.4. The summed E-state index contributed by atoms with van der Waals surface area (Å²) in [6, 6.07) is 0. The molecule has 55 heavy (non-hydrogen) atoms. The van der Waals surface area contributed by atoms with Crippen molar-refractivity contribution in [1.82, 2.24) is 0 Å². The standard InChI is InChI=1S/C49H94O6/c1-5-7-9-11-13-15-17-19-21-22-24-28-32-36-40-47(50)53-43-46(44-54-48(51)41-37-33-30-26-27-31-35-39-45(3)4)55-49(52)42-38-34-29-25-23-20-18-16-14-12-10-8-6-2/h45-46H,5-44H2,1-4H3/t46-/m0/s1. The molecule has 0 amide bonds. The van der Waals surface area contributed by atoms with Crippen LogP contribution in [-0.4, -0.2) is 37.2 Å². The van der Waals surface area contributed by atoms with E-state index in [-0.39, 0.29) is 31.1 Å². The maximum Gasteiger partial charge on any atom is 0.306 e. The van der Waals surface area contributed by atoms with Crippen LogP contribution >= 0.6 is 0 Å². The predicted octanol–water partition coefficient (Wildman–Crippen LogP) is 15.5. The summed E-state index contributed by atoms with van der Waals surface area (Å²) in [7, 11) is 0. The molecule has 0 saturated carbocycles. The molecular weight excluding hydrogens is 685 g/mol. The second-order valence-electron chi connectivity index (χ2n) is 17.2. The third-order valence-corrected chi connectivity index (χ3v) is 11.0. The van der Waals surface area contributed by atoms with Crippen molar-refractivity contribution in [3.8, 4) is 0 Å². The summed E-state index contributed by atoms with van der Waals surface area (Å²) in [5, 5.41) is 0. The van der Waals surface area contributed by atoms with Gasteiger partial charge in [-0.25, -0.2) is 0 Å². The van der Waals surface area contributed by atoms with Crippen LogP contribution in [0.25, 0.3) is 0 Å². The van der Waals surface area contributed by atoms with Crippen LogP contribution in [-0.2, 0) is 28.6 Å². The number of hydrogen-bond donors (Lipinski definition) is 0. The lowest BCUT2D eigenvalue weighted by molar-refractivity contribution is -0.167. The monoisotopic (exact) mass is 779 g/mol. The highest BCUT2D eigenvalue weighted by atomic mass is 16.6. The maximum atomic E-state index is 12.7. The van der Waals surface area contributed by atoms with Gasteiger partial charge in [0.2, 0.25) is 0 Å². The average molecular weight is 779 g/mol. The van der Waals surface area contributed by atoms with Gasteiger partial charge in [-0.2, -0.15) is 0 Å². The summed E-state index contributed by atoms with van der Waals surface area (Å²) >= 11 is 0. The quantitative estimate of drug-likeness (QED) is 0.0348. The molecule has 6 heteroatoms. The first-order valence-electron chi connectivity index (χ1n) is 24.4. The van der Waals surface area contributed by atoms with Crippen LogP contribution in [0.5, 0.6) is 0 Å². The third-order valence-electron chi connectivity index (χ3n) is 11.0. The Labute approximate surface area is 342 Å². The van der Waals surface area contributed by atoms with Crippen molar-refractivity contribution in [3.63, 3.8) is 0 Å². The zero-order valence-corrected chi connectivity index (χ0v) is 37.4. The van der Waals surface area contributed by atoms with Crippen molar-refractivity contribution in [2.24, 2.45) is 5.92 Å². The van der Waals surface area contributed by atoms with Crippen molar-refractivity contribution in [2.45, 2.75) is 278 Å². The summed E-state index contributed by atoms with van der Waals surface area (Å²) in [5.41, 5.74) is 0. The van der Waals surface area contributed by atoms with Crippen LogP contribution in [0.2, 0.25) is 0 Å². The van der Waals surface area contributed by atoms with Gasteiger partial charge in [-0.05, 0) is 25.2 Å². The Balaban J connectivity index is 4.31. The second-order valence-corrected chi connectivity index (χ2v) is 17.2. The molecule has 0 bridgehead atoms. The first-order valence-corrected chi connectivity index (χ1v) is 24.4. The lowest BCUT2D eigenvalue weighted by atomic mass is 10.0. The van der Waals surface area contributed by atoms with Crippen molar-refractivity contribution < 1.29 is 28.6 Å². The SMILES string of the molecule is CCCCCCCCCCCCCCCCC(=O)OC[C@@H](COC(=O)CCCCCCCCCC(C)C)OC(=O)CCCCCCCCCCCCCCC. The van der Waals surface area contributed by atoms with E-state index in [1.54, 1.807) is 0 Å². The number of ether oxygens (including phenoxy) is 3. The molecule has 0 unspecified atom stereocenters. The van der Waals surface area contributed by atoms with Crippen LogP contribution < -0.4 is 0 Å². The molecule has 0 aliphatic rings. The zero-order chi connectivity index (χ0) is 40.3. The maximum absolute atomic E-state index is 12.7. The van der Waals surface area contributed by atoms with Gasteiger partial charge in [0.1, 0.15) is 13.2 Å². The Kier molecular flexibility index (Phi) is 42.3. The molecule has 0 heterocycles. The van der Waals surface area contributed by atoms with Crippen LogP contribution in [0.4, 0.5) is 0 Å². The molecule has 0 aromatic carbocycles. The van der Waals surface area contributed by atoms with E-state index in [0.29, 0.717) is 19.3 Å². The number of rotatable bonds is 44. The molecular formula is C49H94O6. The summed E-state index contributed by atoms with van der Waals surface area (Å²) < 4.78 is 16.7. The van der Waals surface area contributed by atoms with E-state index >= 15 is 0 Å². The molecule has 0 N–H and O–H groups in total. The van der Waals surface area contributed by atoms with Gasteiger partial charge >= 0.3 is 17.9 Å². The molecule has 0 rings (SSSR count). The number of unbranched alkanes of at least 4 members (excludes halogenated alkanes) is 31. The van der Waals surface area contributed by atoms with Gasteiger partial charge in [0.05, 0.1) is 0 Å². The van der Waals surface area contributed by atoms with Crippen molar-refractivity contribution in [2.75, 3.05) is 13.2 Å². The van der Waals surface area contributed by atoms with Gasteiger partial charge in [-0.3, -0.25) is 14.4 Å². The minimum absolute atomic E-state index is 0.0636. The molecule has 0 fully saturated rings. The molecule has 326 valence electrons. The number of hydrogen-bond acceptors (Lipinski definition) is 6. The molecule has 0 aromatic heterocycles. The average Bonchev–Trinajstić information content (AvgIpc) is 3.17. The van der Waals surface area contributed by atoms with Crippen molar-refractivity contribution >= 4 is 17.9 Å². The Bertz CT molecular complexity index is 826. The van der Waals surface area contributed by atoms with E-state index in [1.807, 2.05) is 0 Å². The molecule has 0 saturated heterocycles. The highest BCUT2D eigenvalue weighted by Crippen LogP contribution is 2.16. The predicted molar refractivity (Wildman–Crippen MR) is 233 cm³/mol. The normalized spacial score (nSPS) is 11.9. The lowest BCUT2D eigenvalue weighted by Gasteiger charge is -2.18. The largest absolute Gasteiger partial charge is 0.462 e. The lowest BCUT2D eigenvalue weighted by Crippen LogP contribution is -2.30. The van der Waals surface area contributed by atoms with Crippen molar-refractivity contribution in [3.05, 3.63) is 0 Å². The first-order chi connectivity index (χ1) is 26.9.